The van der Waals surface area contributed by atoms with Crippen LogP contribution in [0.5, 0.6) is 11.5 Å². The fraction of sp³-hybridized carbons (Fsp3) is 0.485. The number of aliphatic hydroxyl groups is 1. The second-order valence-electron chi connectivity index (χ2n) is 13.8. The molecule has 262 valence electrons. The number of carboxylic acid groups (broad SMARTS) is 1. The summed E-state index contributed by atoms with van der Waals surface area (Å²) in [7, 11) is 0. The maximum Gasteiger partial charge on any atom is 0.408 e. The molecule has 9 N–H and O–H groups in total. The van der Waals surface area contributed by atoms with E-state index in [0.717, 1.165) is 4.90 Å². The third-order valence-corrected chi connectivity index (χ3v) is 7.58. The van der Waals surface area contributed by atoms with E-state index >= 15 is 0 Å². The number of nitrogens with zero attached hydrogens (tertiary/aromatic N) is 1. The number of hydrogen-bond donors (Lipinski definition) is 8. The number of ether oxygens (including phenoxy) is 1. The number of phenols is 2. The van der Waals surface area contributed by atoms with Crippen LogP contribution in [-0.2, 0) is 32.0 Å². The molecule has 0 spiro atoms. The Labute approximate surface area is 278 Å². The van der Waals surface area contributed by atoms with Gasteiger partial charge in [-0.3, -0.25) is 14.4 Å². The summed E-state index contributed by atoms with van der Waals surface area (Å²) >= 11 is 0. The van der Waals surface area contributed by atoms with Gasteiger partial charge in [-0.05, 0) is 88.1 Å². The third-order valence-electron chi connectivity index (χ3n) is 7.58. The number of nitrogens with two attached hydrogens (primary N) is 1. The summed E-state index contributed by atoms with van der Waals surface area (Å²) in [5.41, 5.74) is 5.41. The number of carbonyl (C=O) groups excluding carboxylic acids is 4. The number of amides is 5. The highest BCUT2D eigenvalue weighted by atomic mass is 16.6. The molecule has 15 heteroatoms. The molecule has 5 amide bonds. The number of β-amino-alcohol motifs (C(OH)–C–C–N with tert-alkyl or cyclic N) is 1. The van der Waals surface area contributed by atoms with Crippen molar-refractivity contribution in [2.45, 2.75) is 96.2 Å². The van der Waals surface area contributed by atoms with Crippen LogP contribution in [0.15, 0.2) is 36.4 Å². The van der Waals surface area contributed by atoms with Gasteiger partial charge in [-0.15, -0.1) is 0 Å². The first kappa shape index (κ1) is 37.4. The number of hydrogen-bond acceptors (Lipinski definition) is 9. The van der Waals surface area contributed by atoms with Gasteiger partial charge in [0.25, 0.3) is 0 Å². The highest BCUT2D eigenvalue weighted by Gasteiger charge is 2.35. The molecule has 1 heterocycles. The van der Waals surface area contributed by atoms with E-state index in [2.05, 4.69) is 16.0 Å². The van der Waals surface area contributed by atoms with Crippen molar-refractivity contribution >= 4 is 29.9 Å². The largest absolute Gasteiger partial charge is 0.508 e. The van der Waals surface area contributed by atoms with Crippen LogP contribution in [-0.4, -0.2) is 97.1 Å². The van der Waals surface area contributed by atoms with Crippen molar-refractivity contribution in [1.82, 2.24) is 20.9 Å². The molecule has 1 aliphatic heterocycles. The van der Waals surface area contributed by atoms with Gasteiger partial charge in [0.1, 0.15) is 35.2 Å². The number of aromatic hydroxyl groups is 2. The molecule has 3 rings (SSSR count). The zero-order valence-electron chi connectivity index (χ0n) is 27.9. The minimum atomic E-state index is -1.57. The first-order chi connectivity index (χ1) is 22.1. The first-order valence-corrected chi connectivity index (χ1v) is 15.4. The lowest BCUT2D eigenvalue weighted by atomic mass is 9.95. The van der Waals surface area contributed by atoms with Crippen molar-refractivity contribution in [3.63, 3.8) is 0 Å². The smallest absolute Gasteiger partial charge is 0.408 e. The van der Waals surface area contributed by atoms with Crippen LogP contribution in [0, 0.1) is 0 Å². The zero-order chi connectivity index (χ0) is 36.1. The Balaban J connectivity index is 2.12. The van der Waals surface area contributed by atoms with Crippen molar-refractivity contribution in [1.29, 1.82) is 0 Å². The van der Waals surface area contributed by atoms with Gasteiger partial charge in [0.05, 0.1) is 12.6 Å². The number of rotatable bonds is 6. The molecule has 15 nitrogen and oxygen atoms in total. The second kappa shape index (κ2) is 14.8. The Morgan fingerprint density at radius 1 is 0.938 bits per heavy atom. The normalized spacial score (nSPS) is 19.4. The maximum atomic E-state index is 13.8. The predicted octanol–water partition coefficient (Wildman–Crippen LogP) is 1.74. The molecule has 0 radical (unpaired) electrons. The van der Waals surface area contributed by atoms with E-state index in [-0.39, 0.29) is 35.5 Å². The summed E-state index contributed by atoms with van der Waals surface area (Å²) in [6.45, 7) is 9.29. The lowest BCUT2D eigenvalue weighted by molar-refractivity contribution is -0.132. The van der Waals surface area contributed by atoms with Gasteiger partial charge in [0.15, 0.2) is 0 Å². The summed E-state index contributed by atoms with van der Waals surface area (Å²) in [5.74, 6) is -3.19. The molecule has 0 aliphatic carbocycles. The van der Waals surface area contributed by atoms with Crippen molar-refractivity contribution < 1.29 is 49.1 Å². The minimum absolute atomic E-state index is 0.180. The topological polar surface area (TPSA) is 241 Å². The number of carbonyl (C=O) groups is 5. The zero-order valence-corrected chi connectivity index (χ0v) is 27.9. The van der Waals surface area contributed by atoms with E-state index in [9.17, 15) is 44.4 Å². The quantitative estimate of drug-likeness (QED) is 0.221. The molecule has 0 saturated heterocycles. The average molecular weight is 672 g/mol. The van der Waals surface area contributed by atoms with Gasteiger partial charge in [0, 0.05) is 24.8 Å². The maximum absolute atomic E-state index is 13.8. The number of benzene rings is 2. The van der Waals surface area contributed by atoms with Crippen LogP contribution in [0.3, 0.4) is 0 Å². The van der Waals surface area contributed by atoms with Crippen molar-refractivity contribution in [2.24, 2.45) is 5.73 Å². The standard InChI is InChI=1S/C33H45N5O10/c1-32(2,3)38(31(46)47)16-21(39)15-24-29(44)35-22(27(34)42)13-19-11-17(7-9-25(19)40)18-8-10-26(41)20(12-18)14-23(28(43)36-24)37-30(45)48-33(4,5)6/h7-12,21-24,39-41H,13-16H2,1-6H3,(H2,34,42)(H,35,44)(H,36,43)(H,37,45)(H,46,47)/t21-,22+,23+,24+/m1/s1. The number of phenolic OH excluding ortho intramolecular Hbond substituents is 2. The molecule has 0 saturated carbocycles. The van der Waals surface area contributed by atoms with E-state index in [1.165, 1.54) is 12.1 Å². The van der Waals surface area contributed by atoms with Crippen molar-refractivity contribution in [3.05, 3.63) is 47.5 Å². The van der Waals surface area contributed by atoms with E-state index in [1.54, 1.807) is 65.8 Å². The van der Waals surface area contributed by atoms with Gasteiger partial charge in [-0.1, -0.05) is 12.1 Å². The van der Waals surface area contributed by atoms with Gasteiger partial charge >= 0.3 is 12.2 Å². The fourth-order valence-corrected chi connectivity index (χ4v) is 5.15. The molecule has 0 fully saturated rings. The first-order valence-electron chi connectivity index (χ1n) is 15.4. The van der Waals surface area contributed by atoms with E-state index in [4.69, 9.17) is 10.5 Å². The Morgan fingerprint density at radius 2 is 1.48 bits per heavy atom. The van der Waals surface area contributed by atoms with Crippen molar-refractivity contribution in [2.75, 3.05) is 6.54 Å². The van der Waals surface area contributed by atoms with Crippen LogP contribution >= 0.6 is 0 Å². The van der Waals surface area contributed by atoms with E-state index < -0.39 is 78.2 Å². The number of aliphatic hydroxyl groups excluding tert-OH is 1. The Hall–Kier alpha value is -5.05. The number of fused-ring (bicyclic) bond motifs is 5. The molecule has 0 aromatic heterocycles. The molecule has 4 atom stereocenters. The lowest BCUT2D eigenvalue weighted by Gasteiger charge is -2.35. The number of alkyl carbamates (subject to hydrolysis) is 1. The van der Waals surface area contributed by atoms with Crippen LogP contribution in [0.2, 0.25) is 0 Å². The third kappa shape index (κ3) is 10.2. The second-order valence-corrected chi connectivity index (χ2v) is 13.8. The van der Waals surface area contributed by atoms with Gasteiger partial charge in [-0.2, -0.15) is 0 Å². The molecule has 2 aromatic carbocycles. The minimum Gasteiger partial charge on any atom is -0.508 e. The molecule has 2 aromatic rings. The molecule has 4 bridgehead atoms. The monoisotopic (exact) mass is 671 g/mol. The molecular formula is C33H45N5O10. The van der Waals surface area contributed by atoms with Crippen molar-refractivity contribution in [3.8, 4) is 22.6 Å². The van der Waals surface area contributed by atoms with Gasteiger partial charge in [-0.25, -0.2) is 9.59 Å². The molecule has 48 heavy (non-hydrogen) atoms. The Bertz CT molecular complexity index is 1550. The van der Waals surface area contributed by atoms with Gasteiger partial charge < -0.3 is 51.7 Å². The van der Waals surface area contributed by atoms with Crippen LogP contribution in [0.1, 0.15) is 59.1 Å². The predicted molar refractivity (Wildman–Crippen MR) is 174 cm³/mol. The summed E-state index contributed by atoms with van der Waals surface area (Å²) in [4.78, 5) is 65.8. The summed E-state index contributed by atoms with van der Waals surface area (Å²) in [6.07, 6.45) is -4.79. The van der Waals surface area contributed by atoms with E-state index in [1.807, 2.05) is 0 Å². The van der Waals surface area contributed by atoms with Crippen LogP contribution in [0.25, 0.3) is 11.1 Å². The highest BCUT2D eigenvalue weighted by molar-refractivity contribution is 5.94. The van der Waals surface area contributed by atoms with E-state index in [0.29, 0.717) is 11.1 Å². The van der Waals surface area contributed by atoms with Crippen LogP contribution < -0.4 is 21.7 Å². The number of nitrogens with one attached hydrogen (secondary N) is 3. The fourth-order valence-electron chi connectivity index (χ4n) is 5.15. The molecular weight excluding hydrogens is 626 g/mol. The Morgan fingerprint density at radius 3 is 1.96 bits per heavy atom. The highest BCUT2D eigenvalue weighted by Crippen LogP contribution is 2.31. The summed E-state index contributed by atoms with van der Waals surface area (Å²) < 4.78 is 5.34. The summed E-state index contributed by atoms with van der Waals surface area (Å²) in [5, 5.41) is 49.5. The molecule has 0 unspecified atom stereocenters. The Kier molecular flexibility index (Phi) is 11.5. The molecule has 1 aliphatic rings. The lowest BCUT2D eigenvalue weighted by Crippen LogP contribution is -2.58. The van der Waals surface area contributed by atoms with Gasteiger partial charge in [0.2, 0.25) is 17.7 Å². The average Bonchev–Trinajstić information content (AvgIpc) is 2.94. The van der Waals surface area contributed by atoms with Crippen LogP contribution in [0.4, 0.5) is 9.59 Å². The number of primary amides is 1. The SMILES string of the molecule is CC(C)(C)OC(=O)N[C@H]1Cc2cc(ccc2O)-c2ccc(O)c(c2)C[C@@H](C(N)=O)NC(=O)[C@H](C[C@@H](O)CN(C(=O)O)C(C)(C)C)NC1=O. The summed E-state index contributed by atoms with van der Waals surface area (Å²) in [6, 6.07) is 4.80.